The third kappa shape index (κ3) is 7.95. The zero-order valence-electron chi connectivity index (χ0n) is 19.8. The number of nitrogens with one attached hydrogen (secondary N) is 3. The Balaban J connectivity index is 1.78. The van der Waals surface area contributed by atoms with Crippen LogP contribution in [0.3, 0.4) is 0 Å². The van der Waals surface area contributed by atoms with Crippen molar-refractivity contribution in [3.63, 3.8) is 0 Å². The van der Waals surface area contributed by atoms with E-state index in [1.54, 1.807) is 19.2 Å². The number of halogens is 2. The third-order valence-corrected chi connectivity index (χ3v) is 5.50. The molecule has 0 radical (unpaired) electrons. The molecule has 0 aliphatic heterocycles. The Kier molecular flexibility index (Phi) is 9.47. The predicted molar refractivity (Wildman–Crippen MR) is 146 cm³/mol. The fourth-order valence-electron chi connectivity index (χ4n) is 3.17. The molecule has 0 saturated carbocycles. The Morgan fingerprint density at radius 1 is 0.943 bits per heavy atom. The van der Waals surface area contributed by atoms with E-state index in [4.69, 9.17) is 44.9 Å². The maximum atomic E-state index is 6.20. The second-order valence-corrected chi connectivity index (χ2v) is 8.72. The summed E-state index contributed by atoms with van der Waals surface area (Å²) >= 11 is 17.7. The largest absolute Gasteiger partial charge is 0.495 e. The smallest absolute Gasteiger partial charge is 0.229 e. The maximum Gasteiger partial charge on any atom is 0.229 e. The normalized spacial score (nSPS) is 11.1. The molecule has 1 aromatic heterocycles. The summed E-state index contributed by atoms with van der Waals surface area (Å²) in [6, 6.07) is 12.9. The molecule has 0 amide bonds. The number of hydrogen-bond donors (Lipinski definition) is 3. The highest BCUT2D eigenvalue weighted by Gasteiger charge is 2.13. The molecule has 3 aromatic rings. The third-order valence-electron chi connectivity index (χ3n) is 4.75. The van der Waals surface area contributed by atoms with Crippen molar-refractivity contribution in [1.29, 1.82) is 0 Å². The van der Waals surface area contributed by atoms with E-state index in [1.807, 2.05) is 44.2 Å². The Labute approximate surface area is 220 Å². The lowest BCUT2D eigenvalue weighted by molar-refractivity contribution is 0.405. The van der Waals surface area contributed by atoms with Crippen molar-refractivity contribution in [2.75, 3.05) is 31.4 Å². The van der Waals surface area contributed by atoms with E-state index < -0.39 is 0 Å². The monoisotopic (exact) mass is 532 g/mol. The minimum Gasteiger partial charge on any atom is -0.495 e. The van der Waals surface area contributed by atoms with Crippen LogP contribution in [0.4, 0.5) is 11.6 Å². The van der Waals surface area contributed by atoms with Crippen LogP contribution >= 0.6 is 35.4 Å². The van der Waals surface area contributed by atoms with E-state index in [1.165, 1.54) is 7.11 Å². The van der Waals surface area contributed by atoms with Gasteiger partial charge in [-0.2, -0.15) is 0 Å². The molecule has 3 rings (SSSR count). The van der Waals surface area contributed by atoms with E-state index in [9.17, 15) is 0 Å². The van der Waals surface area contributed by atoms with E-state index >= 15 is 0 Å². The second-order valence-electron chi connectivity index (χ2n) is 7.47. The topological polar surface area (TPSA) is 92.7 Å². The summed E-state index contributed by atoms with van der Waals surface area (Å²) in [5, 5.41) is 10.7. The van der Waals surface area contributed by atoms with Gasteiger partial charge in [-0.05, 0) is 56.2 Å². The van der Waals surface area contributed by atoms with Gasteiger partial charge in [0, 0.05) is 35.1 Å². The van der Waals surface area contributed by atoms with Gasteiger partial charge >= 0.3 is 0 Å². The summed E-state index contributed by atoms with van der Waals surface area (Å²) in [5.41, 5.74) is 3.35. The van der Waals surface area contributed by atoms with Crippen LogP contribution in [-0.2, 0) is 6.42 Å². The fraction of sp³-hybridized carbons (Fsp3) is 0.250. The van der Waals surface area contributed by atoms with E-state index in [-0.39, 0.29) is 5.11 Å². The van der Waals surface area contributed by atoms with E-state index in [2.05, 4.69) is 30.9 Å². The summed E-state index contributed by atoms with van der Waals surface area (Å²) in [5.74, 6) is 1.79. The molecule has 1 heterocycles. The van der Waals surface area contributed by atoms with Crippen LogP contribution in [0.1, 0.15) is 17.0 Å². The van der Waals surface area contributed by atoms with E-state index in [0.717, 1.165) is 17.0 Å². The van der Waals surface area contributed by atoms with Crippen molar-refractivity contribution in [2.45, 2.75) is 20.3 Å². The molecule has 0 bridgehead atoms. The van der Waals surface area contributed by atoms with Crippen LogP contribution in [0.15, 0.2) is 47.5 Å². The molecule has 0 aliphatic carbocycles. The Morgan fingerprint density at radius 3 is 2.23 bits per heavy atom. The lowest BCUT2D eigenvalue weighted by Gasteiger charge is -2.17. The molecule has 0 spiro atoms. The molecule has 184 valence electrons. The number of ether oxygens (including phenoxy) is 2. The van der Waals surface area contributed by atoms with Gasteiger partial charge in [0.1, 0.15) is 11.5 Å². The average molecular weight is 533 g/mol. The fourth-order valence-corrected chi connectivity index (χ4v) is 3.73. The molecule has 35 heavy (non-hydrogen) atoms. The van der Waals surface area contributed by atoms with Gasteiger partial charge < -0.3 is 20.1 Å². The van der Waals surface area contributed by atoms with Gasteiger partial charge in [0.25, 0.3) is 0 Å². The Morgan fingerprint density at radius 2 is 1.60 bits per heavy atom. The zero-order valence-corrected chi connectivity index (χ0v) is 22.1. The van der Waals surface area contributed by atoms with E-state index in [0.29, 0.717) is 52.1 Å². The molecule has 0 unspecified atom stereocenters. The highest BCUT2D eigenvalue weighted by atomic mass is 35.5. The molecule has 0 atom stereocenters. The van der Waals surface area contributed by atoms with Crippen molar-refractivity contribution in [1.82, 2.24) is 15.3 Å². The molecule has 0 saturated heterocycles. The first-order valence-corrected chi connectivity index (χ1v) is 11.8. The first-order chi connectivity index (χ1) is 16.8. The Bertz CT molecular complexity index is 1200. The summed E-state index contributed by atoms with van der Waals surface area (Å²) in [6.45, 7) is 4.29. The predicted octanol–water partition coefficient (Wildman–Crippen LogP) is 5.41. The van der Waals surface area contributed by atoms with Crippen LogP contribution < -0.4 is 25.4 Å². The number of hydrogen-bond acceptors (Lipinski definition) is 6. The van der Waals surface area contributed by atoms with Crippen LogP contribution in [0.5, 0.6) is 11.5 Å². The first kappa shape index (κ1) is 26.5. The number of benzene rings is 2. The molecule has 0 aliphatic rings. The van der Waals surface area contributed by atoms with Crippen LogP contribution in [0, 0.1) is 13.8 Å². The summed E-state index contributed by atoms with van der Waals surface area (Å²) in [7, 11) is 3.08. The zero-order chi connectivity index (χ0) is 25.4. The SMILES string of the molecule is COc1cc(NC(=S)NC(=NCCc2ccc(Cl)cc2)Nc2nc(C)cc(C)n2)c(OC)cc1Cl. The highest BCUT2D eigenvalue weighted by Crippen LogP contribution is 2.35. The van der Waals surface area contributed by atoms with Gasteiger partial charge in [0.2, 0.25) is 11.9 Å². The number of methoxy groups -OCH3 is 2. The standard InChI is InChI=1S/C24H26Cl2N6O2S/c1-14-11-15(2)29-23(28-14)31-22(27-10-9-16-5-7-17(25)8-6-16)32-24(35)30-19-13-20(33-3)18(26)12-21(19)34-4/h5-8,11-13H,9-10H2,1-4H3,(H3,27,28,29,30,31,32,35). The molecular weight excluding hydrogens is 507 g/mol. The van der Waals surface area contributed by atoms with Gasteiger partial charge in [0.15, 0.2) is 5.11 Å². The minimum atomic E-state index is 0.273. The number of thiocarbonyl (C=S) groups is 1. The number of aromatic nitrogens is 2. The molecule has 2 aromatic carbocycles. The first-order valence-electron chi connectivity index (χ1n) is 10.6. The quantitative estimate of drug-likeness (QED) is 0.211. The molecule has 0 fully saturated rings. The van der Waals surface area contributed by atoms with Crippen LogP contribution in [-0.4, -0.2) is 41.8 Å². The Hall–Kier alpha value is -3.14. The van der Waals surface area contributed by atoms with Gasteiger partial charge in [-0.15, -0.1) is 0 Å². The van der Waals surface area contributed by atoms with Gasteiger partial charge in [0.05, 0.1) is 24.9 Å². The number of anilines is 2. The number of aryl methyl sites for hydroxylation is 2. The van der Waals surface area contributed by atoms with Crippen molar-refractivity contribution >= 4 is 58.1 Å². The molecule has 3 N–H and O–H groups in total. The number of aliphatic imine (C=N–C) groups is 1. The van der Waals surface area contributed by atoms with Crippen molar-refractivity contribution in [2.24, 2.45) is 4.99 Å². The average Bonchev–Trinajstić information content (AvgIpc) is 2.80. The molecular formula is C24H26Cl2N6O2S. The molecule has 8 nitrogen and oxygen atoms in total. The summed E-state index contributed by atoms with van der Waals surface area (Å²) in [4.78, 5) is 13.5. The summed E-state index contributed by atoms with van der Waals surface area (Å²) in [6.07, 6.45) is 0.708. The van der Waals surface area contributed by atoms with Crippen molar-refractivity contribution < 1.29 is 9.47 Å². The van der Waals surface area contributed by atoms with Gasteiger partial charge in [-0.1, -0.05) is 35.3 Å². The number of rotatable bonds is 7. The highest BCUT2D eigenvalue weighted by molar-refractivity contribution is 7.80. The van der Waals surface area contributed by atoms with Gasteiger partial charge in [-0.25, -0.2) is 9.97 Å². The van der Waals surface area contributed by atoms with Crippen LogP contribution in [0.25, 0.3) is 0 Å². The maximum absolute atomic E-state index is 6.20. The van der Waals surface area contributed by atoms with Crippen molar-refractivity contribution in [3.8, 4) is 11.5 Å². The second kappa shape index (κ2) is 12.5. The van der Waals surface area contributed by atoms with Crippen molar-refractivity contribution in [3.05, 3.63) is 69.5 Å². The van der Waals surface area contributed by atoms with Crippen LogP contribution in [0.2, 0.25) is 10.0 Å². The number of guanidine groups is 1. The molecule has 11 heteroatoms. The summed E-state index contributed by atoms with van der Waals surface area (Å²) < 4.78 is 10.7. The lowest BCUT2D eigenvalue weighted by Crippen LogP contribution is -2.39. The lowest BCUT2D eigenvalue weighted by atomic mass is 10.1. The minimum absolute atomic E-state index is 0.273. The van der Waals surface area contributed by atoms with Gasteiger partial charge in [-0.3, -0.25) is 10.3 Å². The number of nitrogens with zero attached hydrogens (tertiary/aromatic N) is 3.